The first-order valence-corrected chi connectivity index (χ1v) is 7.80. The minimum absolute atomic E-state index is 0.0963. The molecule has 0 aliphatic carbocycles. The predicted molar refractivity (Wildman–Crippen MR) is 92.9 cm³/mol. The number of carbonyl (C=O) groups excluding carboxylic acids is 1. The minimum atomic E-state index is -1.15. The highest BCUT2D eigenvalue weighted by molar-refractivity contribution is 5.95. The molecule has 132 valence electrons. The average molecular weight is 353 g/mol. The van der Waals surface area contributed by atoms with Crippen LogP contribution in [0.4, 0.5) is 9.18 Å². The van der Waals surface area contributed by atoms with Crippen LogP contribution in [0.5, 0.6) is 0 Å². The van der Waals surface area contributed by atoms with Crippen LogP contribution >= 0.6 is 0 Å². The van der Waals surface area contributed by atoms with Crippen LogP contribution in [0, 0.1) is 18.2 Å². The molecule has 2 aromatic rings. The second-order valence-electron chi connectivity index (χ2n) is 5.66. The molecule has 1 aliphatic rings. The number of urea groups is 1. The number of carbonyl (C=O) groups is 1. The normalized spacial score (nSPS) is 17.0. The fourth-order valence-corrected chi connectivity index (χ4v) is 2.68. The number of terminal acetylenes is 1. The van der Waals surface area contributed by atoms with E-state index in [2.05, 4.69) is 10.9 Å². The van der Waals surface area contributed by atoms with Gasteiger partial charge >= 0.3 is 6.03 Å². The molecule has 2 amide bonds. The summed E-state index contributed by atoms with van der Waals surface area (Å²) in [6, 6.07) is 10.9. The molecule has 1 heterocycles. The van der Waals surface area contributed by atoms with Crippen LogP contribution in [0.3, 0.4) is 0 Å². The lowest BCUT2D eigenvalue weighted by Gasteiger charge is -2.20. The molecule has 0 bridgehead atoms. The van der Waals surface area contributed by atoms with E-state index in [1.807, 2.05) is 30.3 Å². The molecule has 0 saturated heterocycles. The summed E-state index contributed by atoms with van der Waals surface area (Å²) in [6.07, 6.45) is 5.37. The second kappa shape index (κ2) is 7.25. The summed E-state index contributed by atoms with van der Waals surface area (Å²) >= 11 is 0. The van der Waals surface area contributed by atoms with E-state index in [0.29, 0.717) is 5.56 Å². The van der Waals surface area contributed by atoms with Crippen LogP contribution in [-0.2, 0) is 4.74 Å². The third-order valence-corrected chi connectivity index (χ3v) is 4.00. The maximum Gasteiger partial charge on any atom is 0.340 e. The first-order chi connectivity index (χ1) is 12.5. The van der Waals surface area contributed by atoms with E-state index in [0.717, 1.165) is 5.56 Å². The molecule has 3 N–H and O–H groups in total. The number of benzene rings is 2. The molecule has 0 saturated carbocycles. The fraction of sp³-hybridized carbons (Fsp3) is 0.158. The Labute approximate surface area is 149 Å². The van der Waals surface area contributed by atoms with Crippen molar-refractivity contribution in [3.05, 3.63) is 71.0 Å². The molecule has 2 atom stereocenters. The number of ether oxygens (including phenoxy) is 1. The largest absolute Gasteiger partial charge is 0.475 e. The molecule has 7 heteroatoms. The molecular formula is C19H16FN3O3. The fourth-order valence-electron chi connectivity index (χ4n) is 2.68. The van der Waals surface area contributed by atoms with Gasteiger partial charge in [0, 0.05) is 0 Å². The van der Waals surface area contributed by atoms with Crippen molar-refractivity contribution in [2.45, 2.75) is 12.1 Å². The number of halogens is 1. The maximum atomic E-state index is 14.3. The van der Waals surface area contributed by atoms with E-state index < -0.39 is 17.9 Å². The van der Waals surface area contributed by atoms with Crippen molar-refractivity contribution in [1.82, 2.24) is 5.06 Å². The molecule has 26 heavy (non-hydrogen) atoms. The third-order valence-electron chi connectivity index (χ3n) is 4.00. The van der Waals surface area contributed by atoms with Gasteiger partial charge in [-0.05, 0) is 23.3 Å². The summed E-state index contributed by atoms with van der Waals surface area (Å²) in [5.74, 6) is 1.82. The Morgan fingerprint density at radius 3 is 2.77 bits per heavy atom. The lowest BCUT2D eigenvalue weighted by atomic mass is 10.0. The van der Waals surface area contributed by atoms with Gasteiger partial charge in [0.2, 0.25) is 5.90 Å². The van der Waals surface area contributed by atoms with Crippen LogP contribution in [0.15, 0.2) is 53.5 Å². The molecule has 2 unspecified atom stereocenters. The number of hydrogen-bond acceptors (Lipinski definition) is 4. The summed E-state index contributed by atoms with van der Waals surface area (Å²) in [7, 11) is 0. The van der Waals surface area contributed by atoms with Crippen molar-refractivity contribution in [2.75, 3.05) is 6.61 Å². The standard InChI is InChI=1S/C19H16FN3O3/c1-2-17(23(25)19(21)24)13-8-9-15(20)14(10-13)18-22-16(11-26-18)12-6-4-3-5-7-12/h1,3-10,16-17,25H,11H2,(H2,21,24). The topological polar surface area (TPSA) is 88.2 Å². The highest BCUT2D eigenvalue weighted by Gasteiger charge is 2.26. The third kappa shape index (κ3) is 3.36. The number of aliphatic imine (C=N–C) groups is 1. The van der Waals surface area contributed by atoms with Crippen molar-refractivity contribution >= 4 is 11.9 Å². The number of primary amides is 1. The molecular weight excluding hydrogens is 337 g/mol. The highest BCUT2D eigenvalue weighted by Crippen LogP contribution is 2.28. The number of hydrogen-bond donors (Lipinski definition) is 2. The lowest BCUT2D eigenvalue weighted by Crippen LogP contribution is -2.35. The quantitative estimate of drug-likeness (QED) is 0.503. The van der Waals surface area contributed by atoms with Crippen LogP contribution in [0.25, 0.3) is 0 Å². The van der Waals surface area contributed by atoms with E-state index in [1.54, 1.807) is 0 Å². The highest BCUT2D eigenvalue weighted by atomic mass is 19.1. The number of hydroxylamine groups is 2. The van der Waals surface area contributed by atoms with Crippen LogP contribution < -0.4 is 5.73 Å². The lowest BCUT2D eigenvalue weighted by molar-refractivity contribution is -0.0596. The first kappa shape index (κ1) is 17.5. The van der Waals surface area contributed by atoms with Crippen molar-refractivity contribution in [3.63, 3.8) is 0 Å². The SMILES string of the molecule is C#CC(c1ccc(F)c(C2=NC(c3ccccc3)CO2)c1)N(O)C(N)=O. The summed E-state index contributed by atoms with van der Waals surface area (Å²) in [4.78, 5) is 15.6. The zero-order chi connectivity index (χ0) is 18.7. The molecule has 6 nitrogen and oxygen atoms in total. The predicted octanol–water partition coefficient (Wildman–Crippen LogP) is 2.79. The summed E-state index contributed by atoms with van der Waals surface area (Å²) in [6.45, 7) is 0.287. The second-order valence-corrected chi connectivity index (χ2v) is 5.66. The molecule has 0 aromatic heterocycles. The summed E-state index contributed by atoms with van der Waals surface area (Å²) < 4.78 is 19.9. The van der Waals surface area contributed by atoms with E-state index in [-0.39, 0.29) is 29.2 Å². The van der Waals surface area contributed by atoms with Gasteiger partial charge < -0.3 is 10.5 Å². The zero-order valence-corrected chi connectivity index (χ0v) is 13.7. The van der Waals surface area contributed by atoms with Crippen LogP contribution in [0.2, 0.25) is 0 Å². The Kier molecular flexibility index (Phi) is 4.87. The van der Waals surface area contributed by atoms with E-state index >= 15 is 0 Å². The van der Waals surface area contributed by atoms with E-state index in [9.17, 15) is 14.4 Å². The van der Waals surface area contributed by atoms with Gasteiger partial charge in [-0.2, -0.15) is 5.06 Å². The maximum absolute atomic E-state index is 14.3. The van der Waals surface area contributed by atoms with Gasteiger partial charge in [-0.1, -0.05) is 42.3 Å². The number of nitrogens with two attached hydrogens (primary N) is 1. The number of nitrogens with zero attached hydrogens (tertiary/aromatic N) is 2. The summed E-state index contributed by atoms with van der Waals surface area (Å²) in [5, 5.41) is 9.93. The van der Waals surface area contributed by atoms with Crippen molar-refractivity contribution in [3.8, 4) is 12.3 Å². The number of rotatable bonds is 4. The number of amides is 2. The van der Waals surface area contributed by atoms with Crippen molar-refractivity contribution in [1.29, 1.82) is 0 Å². The Balaban J connectivity index is 1.94. The van der Waals surface area contributed by atoms with E-state index in [4.69, 9.17) is 16.9 Å². The molecule has 0 radical (unpaired) electrons. The van der Waals surface area contributed by atoms with Crippen LogP contribution in [-0.4, -0.2) is 28.8 Å². The Bertz CT molecular complexity index is 893. The summed E-state index contributed by atoms with van der Waals surface area (Å²) in [5.41, 5.74) is 6.40. The molecule has 0 spiro atoms. The average Bonchev–Trinajstić information content (AvgIpc) is 3.14. The minimum Gasteiger partial charge on any atom is -0.475 e. The Morgan fingerprint density at radius 2 is 2.12 bits per heavy atom. The van der Waals surface area contributed by atoms with Gasteiger partial charge in [0.1, 0.15) is 24.5 Å². The van der Waals surface area contributed by atoms with Crippen molar-refractivity contribution < 1.29 is 19.1 Å². The van der Waals surface area contributed by atoms with Gasteiger partial charge in [0.25, 0.3) is 0 Å². The monoisotopic (exact) mass is 353 g/mol. The van der Waals surface area contributed by atoms with E-state index in [1.165, 1.54) is 18.2 Å². The molecule has 0 fully saturated rings. The van der Waals surface area contributed by atoms with Crippen LogP contribution in [0.1, 0.15) is 28.8 Å². The Morgan fingerprint density at radius 1 is 1.38 bits per heavy atom. The van der Waals surface area contributed by atoms with Gasteiger partial charge in [0.05, 0.1) is 5.56 Å². The molecule has 1 aliphatic heterocycles. The van der Waals surface area contributed by atoms with Gasteiger partial charge in [0.15, 0.2) is 0 Å². The first-order valence-electron chi connectivity index (χ1n) is 7.80. The molecule has 3 rings (SSSR count). The smallest absolute Gasteiger partial charge is 0.340 e. The van der Waals surface area contributed by atoms with Gasteiger partial charge in [-0.15, -0.1) is 6.42 Å². The van der Waals surface area contributed by atoms with Crippen molar-refractivity contribution in [2.24, 2.45) is 10.7 Å². The van der Waals surface area contributed by atoms with Gasteiger partial charge in [-0.25, -0.2) is 14.2 Å². The van der Waals surface area contributed by atoms with Gasteiger partial charge in [-0.3, -0.25) is 5.21 Å². The Hall–Kier alpha value is -3.37. The molecule has 2 aromatic carbocycles. The zero-order valence-electron chi connectivity index (χ0n) is 13.7.